The summed E-state index contributed by atoms with van der Waals surface area (Å²) in [5.74, 6) is 0.695. The van der Waals surface area contributed by atoms with Crippen molar-refractivity contribution in [3.8, 4) is 11.5 Å². The molecule has 0 aliphatic carbocycles. The maximum absolute atomic E-state index is 13.1. The SMILES string of the molecule is COc1cc(C=NNC(N)=S)ccc1OCC(=O)N(c1ccccc1)c1ccccc1. The number of hydrogen-bond acceptors (Lipinski definition) is 5. The van der Waals surface area contributed by atoms with Crippen LogP contribution in [0.3, 0.4) is 0 Å². The lowest BCUT2D eigenvalue weighted by Gasteiger charge is -2.23. The van der Waals surface area contributed by atoms with Crippen LogP contribution in [-0.2, 0) is 4.79 Å². The first-order chi connectivity index (χ1) is 15.1. The number of carbonyl (C=O) groups is 1. The van der Waals surface area contributed by atoms with Gasteiger partial charge in [0.25, 0.3) is 5.91 Å². The Morgan fingerprint density at radius 2 is 1.65 bits per heavy atom. The van der Waals surface area contributed by atoms with Crippen LogP contribution in [0, 0.1) is 0 Å². The number of anilines is 2. The van der Waals surface area contributed by atoms with Gasteiger partial charge < -0.3 is 15.2 Å². The van der Waals surface area contributed by atoms with Gasteiger partial charge in [0, 0.05) is 11.4 Å². The van der Waals surface area contributed by atoms with Crippen LogP contribution in [0.15, 0.2) is 84.0 Å². The smallest absolute Gasteiger partial charge is 0.269 e. The number of nitrogens with zero attached hydrogens (tertiary/aromatic N) is 2. The Labute approximate surface area is 186 Å². The van der Waals surface area contributed by atoms with E-state index >= 15 is 0 Å². The molecule has 0 bridgehead atoms. The number of hydrazone groups is 1. The average molecular weight is 435 g/mol. The van der Waals surface area contributed by atoms with Crippen LogP contribution in [-0.4, -0.2) is 31.0 Å². The lowest BCUT2D eigenvalue weighted by molar-refractivity contribution is -0.119. The summed E-state index contributed by atoms with van der Waals surface area (Å²) in [7, 11) is 1.53. The molecule has 0 heterocycles. The molecule has 0 aromatic heterocycles. The van der Waals surface area contributed by atoms with Crippen LogP contribution in [0.1, 0.15) is 5.56 Å². The predicted octanol–water partition coefficient (Wildman–Crippen LogP) is 3.61. The molecular formula is C23H22N4O3S. The molecule has 0 aliphatic heterocycles. The molecule has 0 unspecified atom stereocenters. The number of amides is 1. The van der Waals surface area contributed by atoms with Crippen LogP contribution in [0.2, 0.25) is 0 Å². The maximum atomic E-state index is 13.1. The number of rotatable bonds is 8. The van der Waals surface area contributed by atoms with Crippen molar-refractivity contribution in [3.63, 3.8) is 0 Å². The van der Waals surface area contributed by atoms with E-state index in [9.17, 15) is 4.79 Å². The second-order valence-electron chi connectivity index (χ2n) is 6.33. The molecule has 7 nitrogen and oxygen atoms in total. The first kappa shape index (κ1) is 21.8. The number of nitrogens with two attached hydrogens (primary N) is 1. The number of para-hydroxylation sites is 2. The molecule has 8 heteroatoms. The molecule has 3 aromatic carbocycles. The van der Waals surface area contributed by atoms with Gasteiger partial charge in [0.2, 0.25) is 0 Å². The van der Waals surface area contributed by atoms with Crippen LogP contribution in [0.4, 0.5) is 11.4 Å². The highest BCUT2D eigenvalue weighted by molar-refractivity contribution is 7.80. The zero-order valence-electron chi connectivity index (χ0n) is 16.9. The molecule has 0 saturated carbocycles. The molecule has 31 heavy (non-hydrogen) atoms. The highest BCUT2D eigenvalue weighted by Gasteiger charge is 2.19. The largest absolute Gasteiger partial charge is 0.493 e. The third kappa shape index (κ3) is 6.03. The van der Waals surface area contributed by atoms with Gasteiger partial charge in [-0.15, -0.1) is 0 Å². The van der Waals surface area contributed by atoms with E-state index < -0.39 is 0 Å². The molecular weight excluding hydrogens is 412 g/mol. The Kier molecular flexibility index (Phi) is 7.56. The van der Waals surface area contributed by atoms with Gasteiger partial charge in [0.1, 0.15) is 0 Å². The number of benzene rings is 3. The summed E-state index contributed by atoms with van der Waals surface area (Å²) in [6, 6.07) is 24.1. The molecule has 3 aromatic rings. The number of nitrogens with one attached hydrogen (secondary N) is 1. The molecule has 0 spiro atoms. The minimum Gasteiger partial charge on any atom is -0.493 e. The zero-order chi connectivity index (χ0) is 22.1. The average Bonchev–Trinajstić information content (AvgIpc) is 2.79. The molecule has 0 radical (unpaired) electrons. The Hall–Kier alpha value is -3.91. The summed E-state index contributed by atoms with van der Waals surface area (Å²) in [5, 5.41) is 3.98. The van der Waals surface area contributed by atoms with Gasteiger partial charge in [0.15, 0.2) is 23.2 Å². The molecule has 158 valence electrons. The Bertz CT molecular complexity index is 1020. The number of carbonyl (C=O) groups excluding carboxylic acids is 1. The summed E-state index contributed by atoms with van der Waals surface area (Å²) in [4.78, 5) is 14.7. The van der Waals surface area contributed by atoms with E-state index in [2.05, 4.69) is 10.5 Å². The van der Waals surface area contributed by atoms with E-state index in [4.69, 9.17) is 27.4 Å². The minimum absolute atomic E-state index is 0.0723. The summed E-state index contributed by atoms with van der Waals surface area (Å²) < 4.78 is 11.2. The van der Waals surface area contributed by atoms with E-state index in [0.717, 1.165) is 16.9 Å². The molecule has 0 aliphatic rings. The van der Waals surface area contributed by atoms with Crippen molar-refractivity contribution in [2.75, 3.05) is 18.6 Å². The van der Waals surface area contributed by atoms with E-state index in [1.54, 1.807) is 29.3 Å². The van der Waals surface area contributed by atoms with Crippen LogP contribution in [0.5, 0.6) is 11.5 Å². The first-order valence-corrected chi connectivity index (χ1v) is 9.81. The number of thiocarbonyl (C=S) groups is 1. The fourth-order valence-electron chi connectivity index (χ4n) is 2.85. The van der Waals surface area contributed by atoms with Gasteiger partial charge in [-0.05, 0) is 60.2 Å². The summed E-state index contributed by atoms with van der Waals surface area (Å²) in [6.07, 6.45) is 1.54. The fraction of sp³-hybridized carbons (Fsp3) is 0.0870. The number of methoxy groups -OCH3 is 1. The van der Waals surface area contributed by atoms with Crippen molar-refractivity contribution < 1.29 is 14.3 Å². The molecule has 0 fully saturated rings. The van der Waals surface area contributed by atoms with E-state index in [-0.39, 0.29) is 17.6 Å². The minimum atomic E-state index is -0.217. The summed E-state index contributed by atoms with van der Waals surface area (Å²) >= 11 is 4.70. The van der Waals surface area contributed by atoms with E-state index in [0.29, 0.717) is 11.5 Å². The highest BCUT2D eigenvalue weighted by Crippen LogP contribution is 2.29. The normalized spacial score (nSPS) is 10.5. The zero-order valence-corrected chi connectivity index (χ0v) is 17.7. The molecule has 1 amide bonds. The number of ether oxygens (including phenoxy) is 2. The predicted molar refractivity (Wildman–Crippen MR) is 126 cm³/mol. The van der Waals surface area contributed by atoms with Crippen molar-refractivity contribution >= 4 is 40.8 Å². The van der Waals surface area contributed by atoms with Gasteiger partial charge >= 0.3 is 0 Å². The van der Waals surface area contributed by atoms with Crippen LogP contribution < -0.4 is 25.5 Å². The van der Waals surface area contributed by atoms with Crippen LogP contribution in [0.25, 0.3) is 0 Å². The topological polar surface area (TPSA) is 89.2 Å². The van der Waals surface area contributed by atoms with Gasteiger partial charge in [0.05, 0.1) is 13.3 Å². The highest BCUT2D eigenvalue weighted by atomic mass is 32.1. The third-order valence-corrected chi connectivity index (χ3v) is 4.30. The first-order valence-electron chi connectivity index (χ1n) is 9.41. The third-order valence-electron chi connectivity index (χ3n) is 4.21. The van der Waals surface area contributed by atoms with Crippen molar-refractivity contribution in [3.05, 3.63) is 84.4 Å². The Balaban J connectivity index is 1.76. The maximum Gasteiger partial charge on any atom is 0.269 e. The summed E-state index contributed by atoms with van der Waals surface area (Å²) in [6.45, 7) is -0.170. The van der Waals surface area contributed by atoms with Crippen molar-refractivity contribution in [1.29, 1.82) is 0 Å². The molecule has 3 rings (SSSR count). The fourth-order valence-corrected chi connectivity index (χ4v) is 2.90. The van der Waals surface area contributed by atoms with Gasteiger partial charge in [-0.1, -0.05) is 36.4 Å². The van der Waals surface area contributed by atoms with Crippen LogP contribution >= 0.6 is 12.2 Å². The lowest BCUT2D eigenvalue weighted by atomic mass is 10.2. The summed E-state index contributed by atoms with van der Waals surface area (Å²) in [5.41, 5.74) is 10.1. The van der Waals surface area contributed by atoms with Gasteiger partial charge in [-0.2, -0.15) is 5.10 Å². The van der Waals surface area contributed by atoms with E-state index in [1.165, 1.54) is 7.11 Å². The molecule has 0 atom stereocenters. The monoisotopic (exact) mass is 434 g/mol. The van der Waals surface area contributed by atoms with Crippen molar-refractivity contribution in [1.82, 2.24) is 5.43 Å². The molecule has 3 N–H and O–H groups in total. The standard InChI is InChI=1S/C23H22N4O3S/c1-29-21-14-17(15-25-26-23(24)31)12-13-20(21)30-16-22(28)27(18-8-4-2-5-9-18)19-10-6-3-7-11-19/h2-15H,16H2,1H3,(H3,24,26,31). The second kappa shape index (κ2) is 10.7. The quantitative estimate of drug-likeness (QED) is 0.320. The van der Waals surface area contributed by atoms with Gasteiger partial charge in [-0.25, -0.2) is 0 Å². The van der Waals surface area contributed by atoms with Crippen molar-refractivity contribution in [2.45, 2.75) is 0 Å². The van der Waals surface area contributed by atoms with E-state index in [1.807, 2.05) is 60.7 Å². The number of hydrogen-bond donors (Lipinski definition) is 2. The van der Waals surface area contributed by atoms with Crippen molar-refractivity contribution in [2.24, 2.45) is 10.8 Å². The van der Waals surface area contributed by atoms with Gasteiger partial charge in [-0.3, -0.25) is 15.1 Å². The lowest BCUT2D eigenvalue weighted by Crippen LogP contribution is -2.30. The Morgan fingerprint density at radius 3 is 2.19 bits per heavy atom. The second-order valence-corrected chi connectivity index (χ2v) is 6.77. The Morgan fingerprint density at radius 1 is 1.03 bits per heavy atom. The molecule has 0 saturated heterocycles.